The molecule has 0 aliphatic carbocycles. The maximum absolute atomic E-state index is 9.29. The van der Waals surface area contributed by atoms with E-state index in [1.54, 1.807) is 6.21 Å². The normalized spacial score (nSPS) is 18.2. The van der Waals surface area contributed by atoms with Crippen LogP contribution in [0.5, 0.6) is 0 Å². The van der Waals surface area contributed by atoms with Crippen molar-refractivity contribution in [3.63, 3.8) is 0 Å². The van der Waals surface area contributed by atoms with E-state index >= 15 is 0 Å². The number of morpholine rings is 1. The van der Waals surface area contributed by atoms with Crippen molar-refractivity contribution >= 4 is 17.9 Å². The first-order chi connectivity index (χ1) is 12.7. The molecule has 26 heavy (non-hydrogen) atoms. The molecule has 2 aliphatic rings. The van der Waals surface area contributed by atoms with Crippen LogP contribution < -0.4 is 5.43 Å². The van der Waals surface area contributed by atoms with Crippen molar-refractivity contribution in [3.8, 4) is 0 Å². The van der Waals surface area contributed by atoms with Crippen LogP contribution in [0.4, 0.5) is 0 Å². The Morgan fingerprint density at radius 2 is 2.15 bits per heavy atom. The van der Waals surface area contributed by atoms with Gasteiger partial charge >= 0.3 is 0 Å². The van der Waals surface area contributed by atoms with Crippen LogP contribution in [-0.4, -0.2) is 60.8 Å². The molecule has 2 heterocycles. The lowest BCUT2D eigenvalue weighted by atomic mass is 10.2. The minimum atomic E-state index is 0.0125. The molecule has 1 aromatic carbocycles. The third-order valence-corrected chi connectivity index (χ3v) is 4.11. The lowest BCUT2D eigenvalue weighted by Gasteiger charge is -2.28. The number of ether oxygens (including phenoxy) is 1. The number of aliphatic imine (C=N–C) groups is 2. The highest BCUT2D eigenvalue weighted by atomic mass is 16.5. The molecular formula is C19H25N5O2. The van der Waals surface area contributed by atoms with Crippen molar-refractivity contribution in [2.24, 2.45) is 15.1 Å². The van der Waals surface area contributed by atoms with Crippen LogP contribution in [0.15, 0.2) is 51.2 Å². The minimum Gasteiger partial charge on any atom is -0.396 e. The van der Waals surface area contributed by atoms with E-state index in [0.29, 0.717) is 37.7 Å². The summed E-state index contributed by atoms with van der Waals surface area (Å²) in [6.45, 7) is 5.10. The Morgan fingerprint density at radius 1 is 1.31 bits per heavy atom. The second kappa shape index (κ2) is 9.26. The average molecular weight is 355 g/mol. The molecule has 0 bridgehead atoms. The molecule has 0 aromatic heterocycles. The number of nitrogens with one attached hydrogen (secondary N) is 1. The first-order valence-electron chi connectivity index (χ1n) is 8.89. The fourth-order valence-corrected chi connectivity index (χ4v) is 2.80. The Labute approximate surface area is 153 Å². The van der Waals surface area contributed by atoms with Gasteiger partial charge in [-0.2, -0.15) is 5.10 Å². The first kappa shape index (κ1) is 18.3. The van der Waals surface area contributed by atoms with Crippen LogP contribution >= 0.6 is 0 Å². The zero-order valence-electron chi connectivity index (χ0n) is 15.1. The van der Waals surface area contributed by atoms with E-state index < -0.39 is 0 Å². The highest BCUT2D eigenvalue weighted by molar-refractivity contribution is 5.99. The van der Waals surface area contributed by atoms with Gasteiger partial charge in [-0.25, -0.2) is 9.98 Å². The SMILES string of the molecule is Cc1cccc(/C=N\NC2=NC(CCO)=NC(N3CCOCC3)=CC2)c1. The van der Waals surface area contributed by atoms with Gasteiger partial charge in [-0.15, -0.1) is 0 Å². The van der Waals surface area contributed by atoms with Crippen LogP contribution in [0.2, 0.25) is 0 Å². The lowest BCUT2D eigenvalue weighted by Crippen LogP contribution is -2.35. The number of aliphatic hydroxyl groups excluding tert-OH is 1. The van der Waals surface area contributed by atoms with Crippen molar-refractivity contribution in [1.29, 1.82) is 0 Å². The molecule has 0 saturated carbocycles. The smallest absolute Gasteiger partial charge is 0.135 e. The number of hydrogen-bond acceptors (Lipinski definition) is 7. The fraction of sp³-hybridized carbons (Fsp3) is 0.421. The summed E-state index contributed by atoms with van der Waals surface area (Å²) in [6, 6.07) is 8.12. The van der Waals surface area contributed by atoms with Gasteiger partial charge in [-0.3, -0.25) is 5.43 Å². The standard InChI is InChI=1S/C19H25N5O2/c1-15-3-2-4-16(13-15)14-20-23-18-5-6-19(22-17(21-18)7-10-25)24-8-11-26-12-9-24/h2-4,6,13-14,25H,5,7-12H2,1H3,(H,21,22,23)/b20-14-. The number of amidine groups is 2. The molecule has 0 radical (unpaired) electrons. The second-order valence-electron chi connectivity index (χ2n) is 6.21. The molecule has 0 atom stereocenters. The van der Waals surface area contributed by atoms with Gasteiger partial charge in [0, 0.05) is 25.9 Å². The Morgan fingerprint density at radius 3 is 2.92 bits per heavy atom. The van der Waals surface area contributed by atoms with Gasteiger partial charge in [0.25, 0.3) is 0 Å². The lowest BCUT2D eigenvalue weighted by molar-refractivity contribution is 0.0530. The number of hydrogen-bond donors (Lipinski definition) is 2. The summed E-state index contributed by atoms with van der Waals surface area (Å²) < 4.78 is 5.40. The first-order valence-corrected chi connectivity index (χ1v) is 8.89. The number of benzene rings is 1. The quantitative estimate of drug-likeness (QED) is 0.622. The Bertz CT molecular complexity index is 733. The molecule has 0 unspecified atom stereocenters. The maximum atomic E-state index is 9.29. The molecular weight excluding hydrogens is 330 g/mol. The van der Waals surface area contributed by atoms with Crippen molar-refractivity contribution in [2.45, 2.75) is 19.8 Å². The molecule has 7 nitrogen and oxygen atoms in total. The molecule has 0 spiro atoms. The van der Waals surface area contributed by atoms with Crippen LogP contribution in [0.25, 0.3) is 0 Å². The summed E-state index contributed by atoms with van der Waals surface area (Å²) in [5, 5.41) is 13.6. The molecule has 2 aliphatic heterocycles. The Kier molecular flexibility index (Phi) is 6.51. The Hall–Kier alpha value is -2.51. The molecule has 3 rings (SSSR count). The number of hydrazone groups is 1. The van der Waals surface area contributed by atoms with E-state index in [0.717, 1.165) is 24.5 Å². The van der Waals surface area contributed by atoms with E-state index in [-0.39, 0.29) is 6.61 Å². The third-order valence-electron chi connectivity index (χ3n) is 4.11. The third kappa shape index (κ3) is 5.24. The average Bonchev–Trinajstić information content (AvgIpc) is 2.85. The van der Waals surface area contributed by atoms with Crippen LogP contribution in [-0.2, 0) is 4.74 Å². The summed E-state index contributed by atoms with van der Waals surface area (Å²) >= 11 is 0. The summed E-state index contributed by atoms with van der Waals surface area (Å²) in [4.78, 5) is 11.3. The molecule has 1 fully saturated rings. The second-order valence-corrected chi connectivity index (χ2v) is 6.21. The van der Waals surface area contributed by atoms with E-state index in [9.17, 15) is 5.11 Å². The maximum Gasteiger partial charge on any atom is 0.135 e. The van der Waals surface area contributed by atoms with Crippen molar-refractivity contribution in [3.05, 3.63) is 47.3 Å². The number of aryl methyl sites for hydroxylation is 1. The molecule has 7 heteroatoms. The van der Waals surface area contributed by atoms with E-state index in [1.807, 2.05) is 18.2 Å². The molecule has 1 saturated heterocycles. The highest BCUT2D eigenvalue weighted by Crippen LogP contribution is 2.14. The fourth-order valence-electron chi connectivity index (χ4n) is 2.80. The summed E-state index contributed by atoms with van der Waals surface area (Å²) in [5.74, 6) is 2.21. The zero-order valence-corrected chi connectivity index (χ0v) is 15.1. The van der Waals surface area contributed by atoms with Crippen molar-refractivity contribution < 1.29 is 9.84 Å². The van der Waals surface area contributed by atoms with Gasteiger partial charge in [-0.05, 0) is 18.6 Å². The number of rotatable bonds is 5. The highest BCUT2D eigenvalue weighted by Gasteiger charge is 2.16. The molecule has 2 N–H and O–H groups in total. The van der Waals surface area contributed by atoms with Gasteiger partial charge in [0.05, 0.1) is 26.0 Å². The van der Waals surface area contributed by atoms with Gasteiger partial charge in [0.2, 0.25) is 0 Å². The van der Waals surface area contributed by atoms with Crippen molar-refractivity contribution in [1.82, 2.24) is 10.3 Å². The summed E-state index contributed by atoms with van der Waals surface area (Å²) in [7, 11) is 0. The molecule has 1 aromatic rings. The topological polar surface area (TPSA) is 81.8 Å². The van der Waals surface area contributed by atoms with Crippen LogP contribution in [0.3, 0.4) is 0 Å². The predicted octanol–water partition coefficient (Wildman–Crippen LogP) is 1.68. The van der Waals surface area contributed by atoms with Gasteiger partial charge in [-0.1, -0.05) is 29.8 Å². The number of nitrogens with zero attached hydrogens (tertiary/aromatic N) is 4. The largest absolute Gasteiger partial charge is 0.396 e. The predicted molar refractivity (Wildman–Crippen MR) is 104 cm³/mol. The van der Waals surface area contributed by atoms with E-state index in [2.05, 4.69) is 44.5 Å². The Balaban J connectivity index is 1.69. The van der Waals surface area contributed by atoms with E-state index in [4.69, 9.17) is 4.74 Å². The van der Waals surface area contributed by atoms with Gasteiger partial charge in [0.15, 0.2) is 0 Å². The number of aliphatic hydroxyl groups is 1. The summed E-state index contributed by atoms with van der Waals surface area (Å²) in [6.07, 6.45) is 4.84. The van der Waals surface area contributed by atoms with Crippen molar-refractivity contribution in [2.75, 3.05) is 32.9 Å². The molecule has 138 valence electrons. The van der Waals surface area contributed by atoms with Crippen LogP contribution in [0, 0.1) is 6.92 Å². The van der Waals surface area contributed by atoms with Crippen LogP contribution in [0.1, 0.15) is 24.0 Å². The van der Waals surface area contributed by atoms with E-state index in [1.165, 1.54) is 5.56 Å². The molecule has 0 amide bonds. The summed E-state index contributed by atoms with van der Waals surface area (Å²) in [5.41, 5.74) is 5.23. The zero-order chi connectivity index (χ0) is 18.2. The van der Waals surface area contributed by atoms with Gasteiger partial charge in [0.1, 0.15) is 17.5 Å². The monoisotopic (exact) mass is 355 g/mol. The van der Waals surface area contributed by atoms with Gasteiger partial charge < -0.3 is 14.7 Å². The minimum absolute atomic E-state index is 0.0125.